The number of pyridine rings is 1. The quantitative estimate of drug-likeness (QED) is 0.399. The first-order valence-corrected chi connectivity index (χ1v) is 11.9. The Bertz CT molecular complexity index is 1320. The molecule has 0 aliphatic heterocycles. The molecule has 0 spiro atoms. The summed E-state index contributed by atoms with van der Waals surface area (Å²) in [4.78, 5) is 18.4. The summed E-state index contributed by atoms with van der Waals surface area (Å²) in [6, 6.07) is 16.6. The van der Waals surface area contributed by atoms with Crippen molar-refractivity contribution in [2.75, 3.05) is 6.54 Å². The van der Waals surface area contributed by atoms with Gasteiger partial charge in [0.05, 0.1) is 17.6 Å². The minimum Gasteiger partial charge on any atom is -0.321 e. The van der Waals surface area contributed by atoms with Crippen LogP contribution in [0, 0.1) is 13.8 Å². The van der Waals surface area contributed by atoms with Crippen LogP contribution in [-0.2, 0) is 25.0 Å². The average molecular weight is 459 g/mol. The first-order chi connectivity index (χ1) is 16.3. The highest BCUT2D eigenvalue weighted by atomic mass is 16.1. The second-order valence-electron chi connectivity index (χ2n) is 9.71. The monoisotopic (exact) mass is 458 g/mol. The second-order valence-corrected chi connectivity index (χ2v) is 9.71. The van der Waals surface area contributed by atoms with Crippen molar-refractivity contribution in [1.29, 1.82) is 0 Å². The molecular formula is C27H34N6O. The SMILES string of the molecule is CCC(C)(C)n1nnnc1CN(CCc1ccccc1)Cc1cc2ccc(C)c(C)c2[nH]c1=O. The van der Waals surface area contributed by atoms with Crippen LogP contribution in [-0.4, -0.2) is 36.6 Å². The maximum absolute atomic E-state index is 13.1. The van der Waals surface area contributed by atoms with Crippen LogP contribution < -0.4 is 5.56 Å². The zero-order chi connectivity index (χ0) is 24.3. The van der Waals surface area contributed by atoms with Gasteiger partial charge in [-0.25, -0.2) is 4.68 Å². The normalized spacial score (nSPS) is 12.1. The van der Waals surface area contributed by atoms with Crippen molar-refractivity contribution in [2.45, 2.75) is 66.1 Å². The molecule has 7 nitrogen and oxygen atoms in total. The van der Waals surface area contributed by atoms with Gasteiger partial charge in [0.1, 0.15) is 0 Å². The molecule has 2 heterocycles. The summed E-state index contributed by atoms with van der Waals surface area (Å²) >= 11 is 0. The van der Waals surface area contributed by atoms with E-state index in [0.29, 0.717) is 13.1 Å². The maximum Gasteiger partial charge on any atom is 0.252 e. The molecule has 2 aromatic carbocycles. The lowest BCUT2D eigenvalue weighted by molar-refractivity contribution is 0.225. The van der Waals surface area contributed by atoms with Crippen molar-refractivity contribution in [3.05, 3.63) is 87.0 Å². The molecule has 1 N–H and O–H groups in total. The van der Waals surface area contributed by atoms with E-state index in [1.165, 1.54) is 11.1 Å². The summed E-state index contributed by atoms with van der Waals surface area (Å²) < 4.78 is 1.92. The zero-order valence-electron chi connectivity index (χ0n) is 20.8. The first kappa shape index (κ1) is 23.8. The molecule has 0 atom stereocenters. The largest absolute Gasteiger partial charge is 0.321 e. The number of benzene rings is 2. The summed E-state index contributed by atoms with van der Waals surface area (Å²) in [5.74, 6) is 0.809. The van der Waals surface area contributed by atoms with E-state index in [2.05, 4.69) is 96.4 Å². The van der Waals surface area contributed by atoms with Crippen molar-refractivity contribution in [1.82, 2.24) is 30.1 Å². The van der Waals surface area contributed by atoms with Gasteiger partial charge in [0.15, 0.2) is 5.82 Å². The standard InChI is InChI=1S/C27H34N6O/c1-6-27(4,5)33-24(29-30-31-33)18-32(15-14-21-10-8-7-9-11-21)17-23-16-22-13-12-19(2)20(3)25(22)28-26(23)34/h7-13,16H,6,14-15,17-18H2,1-5H3,(H,28,34). The molecule has 4 rings (SSSR count). The van der Waals surface area contributed by atoms with Gasteiger partial charge >= 0.3 is 0 Å². The fourth-order valence-electron chi connectivity index (χ4n) is 4.20. The topological polar surface area (TPSA) is 79.7 Å². The molecule has 4 aromatic rings. The summed E-state index contributed by atoms with van der Waals surface area (Å²) in [5, 5.41) is 13.6. The summed E-state index contributed by atoms with van der Waals surface area (Å²) in [7, 11) is 0. The average Bonchev–Trinajstić information content (AvgIpc) is 3.31. The molecule has 2 aromatic heterocycles. The van der Waals surface area contributed by atoms with Crippen molar-refractivity contribution in [2.24, 2.45) is 0 Å². The minimum absolute atomic E-state index is 0.0422. The van der Waals surface area contributed by atoms with Crippen molar-refractivity contribution in [3.63, 3.8) is 0 Å². The first-order valence-electron chi connectivity index (χ1n) is 11.9. The third kappa shape index (κ3) is 5.09. The van der Waals surface area contributed by atoms with E-state index in [1.807, 2.05) is 16.8 Å². The molecule has 0 saturated carbocycles. The van der Waals surface area contributed by atoms with Gasteiger partial charge in [-0.15, -0.1) is 5.10 Å². The van der Waals surface area contributed by atoms with Crippen LogP contribution in [0.2, 0.25) is 0 Å². The molecule has 0 radical (unpaired) electrons. The lowest BCUT2D eigenvalue weighted by atomic mass is 10.0. The minimum atomic E-state index is -0.181. The fourth-order valence-corrected chi connectivity index (χ4v) is 4.20. The van der Waals surface area contributed by atoms with Crippen molar-refractivity contribution < 1.29 is 0 Å². The molecule has 0 fully saturated rings. The molecule has 0 bridgehead atoms. The number of aromatic nitrogens is 5. The number of fused-ring (bicyclic) bond motifs is 1. The Kier molecular flexibility index (Phi) is 6.93. The molecule has 7 heteroatoms. The van der Waals surface area contributed by atoms with Crippen LogP contribution in [0.5, 0.6) is 0 Å². The highest BCUT2D eigenvalue weighted by Gasteiger charge is 2.24. The van der Waals surface area contributed by atoms with E-state index in [1.54, 1.807) is 0 Å². The molecule has 0 unspecified atom stereocenters. The predicted molar refractivity (Wildman–Crippen MR) is 136 cm³/mol. The van der Waals surface area contributed by atoms with Gasteiger partial charge in [-0.05, 0) is 79.1 Å². The molecule has 34 heavy (non-hydrogen) atoms. The number of nitrogens with one attached hydrogen (secondary N) is 1. The van der Waals surface area contributed by atoms with Crippen molar-refractivity contribution >= 4 is 10.9 Å². The highest BCUT2D eigenvalue weighted by Crippen LogP contribution is 2.22. The van der Waals surface area contributed by atoms with Crippen LogP contribution in [0.1, 0.15) is 55.3 Å². The van der Waals surface area contributed by atoms with E-state index in [4.69, 9.17) is 0 Å². The summed E-state index contributed by atoms with van der Waals surface area (Å²) in [6.07, 6.45) is 1.79. The number of tetrazole rings is 1. The number of aromatic amines is 1. The van der Waals surface area contributed by atoms with E-state index < -0.39 is 0 Å². The van der Waals surface area contributed by atoms with Gasteiger partial charge in [0, 0.05) is 18.7 Å². The second kappa shape index (κ2) is 9.89. The zero-order valence-corrected chi connectivity index (χ0v) is 20.8. The third-order valence-corrected chi connectivity index (χ3v) is 6.92. The van der Waals surface area contributed by atoms with Gasteiger partial charge in [0.25, 0.3) is 5.56 Å². The van der Waals surface area contributed by atoms with E-state index in [-0.39, 0.29) is 11.1 Å². The Morgan fingerprint density at radius 3 is 2.56 bits per heavy atom. The Hall–Kier alpha value is -3.32. The smallest absolute Gasteiger partial charge is 0.252 e. The summed E-state index contributed by atoms with van der Waals surface area (Å²) in [5.41, 5.74) is 4.99. The molecule has 0 saturated heterocycles. The predicted octanol–water partition coefficient (Wildman–Crippen LogP) is 4.52. The number of aryl methyl sites for hydroxylation is 2. The van der Waals surface area contributed by atoms with Gasteiger partial charge in [0.2, 0.25) is 0 Å². The Balaban J connectivity index is 1.65. The molecule has 0 aliphatic rings. The van der Waals surface area contributed by atoms with Crippen LogP contribution in [0.25, 0.3) is 10.9 Å². The van der Waals surface area contributed by atoms with E-state index >= 15 is 0 Å². The third-order valence-electron chi connectivity index (χ3n) is 6.92. The van der Waals surface area contributed by atoms with Gasteiger partial charge < -0.3 is 4.98 Å². The van der Waals surface area contributed by atoms with Crippen LogP contribution >= 0.6 is 0 Å². The molecule has 178 valence electrons. The lowest BCUT2D eigenvalue weighted by Gasteiger charge is -2.27. The maximum atomic E-state index is 13.1. The van der Waals surface area contributed by atoms with Crippen LogP contribution in [0.15, 0.2) is 53.3 Å². The number of H-pyrrole nitrogens is 1. The summed E-state index contributed by atoms with van der Waals surface area (Å²) in [6.45, 7) is 12.4. The van der Waals surface area contributed by atoms with E-state index in [0.717, 1.165) is 47.2 Å². The number of nitrogens with zero attached hydrogens (tertiary/aromatic N) is 5. The van der Waals surface area contributed by atoms with Gasteiger partial charge in [-0.2, -0.15) is 0 Å². The van der Waals surface area contributed by atoms with Gasteiger partial charge in [-0.1, -0.05) is 49.4 Å². The Morgan fingerprint density at radius 1 is 1.06 bits per heavy atom. The van der Waals surface area contributed by atoms with E-state index in [9.17, 15) is 4.79 Å². The molecule has 0 amide bonds. The Morgan fingerprint density at radius 2 is 1.82 bits per heavy atom. The molecular weight excluding hydrogens is 424 g/mol. The molecule has 0 aliphatic carbocycles. The lowest BCUT2D eigenvalue weighted by Crippen LogP contribution is -2.33. The number of hydrogen-bond acceptors (Lipinski definition) is 5. The highest BCUT2D eigenvalue weighted by molar-refractivity contribution is 5.83. The fraction of sp³-hybridized carbons (Fsp3) is 0.407. The Labute approximate surface area is 200 Å². The van der Waals surface area contributed by atoms with Crippen LogP contribution in [0.3, 0.4) is 0 Å². The number of hydrogen-bond donors (Lipinski definition) is 1. The van der Waals surface area contributed by atoms with Crippen molar-refractivity contribution in [3.8, 4) is 0 Å². The number of rotatable bonds is 9. The van der Waals surface area contributed by atoms with Gasteiger partial charge in [-0.3, -0.25) is 9.69 Å². The van der Waals surface area contributed by atoms with Crippen LogP contribution in [0.4, 0.5) is 0 Å².